The van der Waals surface area contributed by atoms with Gasteiger partial charge in [0.15, 0.2) is 5.70 Å². The predicted molar refractivity (Wildman–Crippen MR) is 34.3 cm³/mol. The van der Waals surface area contributed by atoms with Crippen LogP contribution in [0.1, 0.15) is 6.42 Å². The molecule has 0 aromatic heterocycles. The maximum atomic E-state index is 10.7. The first-order valence-electron chi connectivity index (χ1n) is 3.02. The topological polar surface area (TPSA) is 58.6 Å². The van der Waals surface area contributed by atoms with Crippen molar-refractivity contribution in [3.05, 3.63) is 11.5 Å². The number of rotatable bonds is 1. The van der Waals surface area contributed by atoms with Crippen molar-refractivity contribution in [1.82, 2.24) is 5.32 Å². The number of hydrogen-bond donors (Lipinski definition) is 2. The molecule has 10 heavy (non-hydrogen) atoms. The van der Waals surface area contributed by atoms with Crippen LogP contribution in [0.4, 0.5) is 0 Å². The van der Waals surface area contributed by atoms with E-state index in [4.69, 9.17) is 5.11 Å². The summed E-state index contributed by atoms with van der Waals surface area (Å²) in [6.07, 6.45) is 0.405. The molecule has 0 aromatic rings. The molecule has 2 N–H and O–H groups in total. The molecule has 0 aromatic carbocycles. The summed E-state index contributed by atoms with van der Waals surface area (Å²) in [5, 5.41) is 11.6. The van der Waals surface area contributed by atoms with E-state index < -0.39 is 5.97 Å². The lowest BCUT2D eigenvalue weighted by atomic mass is 10.2. The number of hydrogen-bond acceptors (Lipinski definition) is 4. The van der Waals surface area contributed by atoms with E-state index in [1.54, 1.807) is 7.05 Å². The molecule has 4 nitrogen and oxygen atoms in total. The SMILES string of the molecule is CNC1=C(O)CCOC1=O. The predicted octanol–water partition coefficient (Wildman–Crippen LogP) is -0.0777. The van der Waals surface area contributed by atoms with Gasteiger partial charge >= 0.3 is 5.97 Å². The fourth-order valence-corrected chi connectivity index (χ4v) is 0.802. The van der Waals surface area contributed by atoms with Gasteiger partial charge in [-0.05, 0) is 0 Å². The highest BCUT2D eigenvalue weighted by atomic mass is 16.5. The zero-order valence-corrected chi connectivity index (χ0v) is 5.68. The number of carbonyl (C=O) groups is 1. The first-order chi connectivity index (χ1) is 4.75. The van der Waals surface area contributed by atoms with Crippen LogP contribution in [-0.4, -0.2) is 24.7 Å². The van der Waals surface area contributed by atoms with Crippen molar-refractivity contribution >= 4 is 5.97 Å². The highest BCUT2D eigenvalue weighted by molar-refractivity contribution is 5.88. The largest absolute Gasteiger partial charge is 0.510 e. The Morgan fingerprint density at radius 3 is 2.80 bits per heavy atom. The maximum Gasteiger partial charge on any atom is 0.357 e. The maximum absolute atomic E-state index is 10.7. The minimum atomic E-state index is -0.480. The smallest absolute Gasteiger partial charge is 0.357 e. The van der Waals surface area contributed by atoms with Crippen molar-refractivity contribution in [3.8, 4) is 0 Å². The molecule has 0 saturated carbocycles. The highest BCUT2D eigenvalue weighted by Crippen LogP contribution is 2.10. The molecule has 0 fully saturated rings. The van der Waals surface area contributed by atoms with Gasteiger partial charge in [-0.15, -0.1) is 0 Å². The number of likely N-dealkylation sites (N-methyl/N-ethyl adjacent to an activating group) is 1. The monoisotopic (exact) mass is 143 g/mol. The Bertz CT molecular complexity index is 185. The van der Waals surface area contributed by atoms with Gasteiger partial charge in [0, 0.05) is 13.5 Å². The van der Waals surface area contributed by atoms with Crippen LogP contribution in [0.25, 0.3) is 0 Å². The van der Waals surface area contributed by atoms with Crippen LogP contribution >= 0.6 is 0 Å². The van der Waals surface area contributed by atoms with E-state index >= 15 is 0 Å². The molecular weight excluding hydrogens is 134 g/mol. The van der Waals surface area contributed by atoms with Crippen molar-refractivity contribution < 1.29 is 14.6 Å². The molecule has 0 bridgehead atoms. The van der Waals surface area contributed by atoms with E-state index in [-0.39, 0.29) is 18.1 Å². The summed E-state index contributed by atoms with van der Waals surface area (Å²) in [6, 6.07) is 0. The van der Waals surface area contributed by atoms with Crippen LogP contribution in [0, 0.1) is 0 Å². The summed E-state index contributed by atoms with van der Waals surface area (Å²) in [5.41, 5.74) is 0.172. The molecule has 1 aliphatic rings. The first kappa shape index (κ1) is 6.92. The highest BCUT2D eigenvalue weighted by Gasteiger charge is 2.19. The van der Waals surface area contributed by atoms with Crippen LogP contribution in [0.5, 0.6) is 0 Å². The quantitative estimate of drug-likeness (QED) is 0.504. The second-order valence-electron chi connectivity index (χ2n) is 1.96. The lowest BCUT2D eigenvalue weighted by Crippen LogP contribution is -2.25. The van der Waals surface area contributed by atoms with Crippen LogP contribution in [0.3, 0.4) is 0 Å². The van der Waals surface area contributed by atoms with E-state index in [2.05, 4.69) is 10.1 Å². The van der Waals surface area contributed by atoms with Crippen LogP contribution in [-0.2, 0) is 9.53 Å². The van der Waals surface area contributed by atoms with Crippen LogP contribution in [0.2, 0.25) is 0 Å². The van der Waals surface area contributed by atoms with Crippen molar-refractivity contribution in [1.29, 1.82) is 0 Å². The van der Waals surface area contributed by atoms with Gasteiger partial charge in [0.2, 0.25) is 0 Å². The molecule has 1 aliphatic heterocycles. The second kappa shape index (κ2) is 2.60. The van der Waals surface area contributed by atoms with Gasteiger partial charge < -0.3 is 15.2 Å². The average molecular weight is 143 g/mol. The molecule has 0 radical (unpaired) electrons. The van der Waals surface area contributed by atoms with E-state index in [0.29, 0.717) is 6.42 Å². The zero-order chi connectivity index (χ0) is 7.56. The zero-order valence-electron chi connectivity index (χ0n) is 5.68. The van der Waals surface area contributed by atoms with Gasteiger partial charge in [0.1, 0.15) is 5.76 Å². The number of nitrogens with one attached hydrogen (secondary N) is 1. The van der Waals surface area contributed by atoms with Gasteiger partial charge in [0.05, 0.1) is 6.61 Å². The molecule has 1 rings (SSSR count). The lowest BCUT2D eigenvalue weighted by Gasteiger charge is -2.14. The summed E-state index contributed by atoms with van der Waals surface area (Å²) < 4.78 is 4.63. The fourth-order valence-electron chi connectivity index (χ4n) is 0.802. The molecule has 0 atom stereocenters. The average Bonchev–Trinajstić information content (AvgIpc) is 1.88. The third-order valence-corrected chi connectivity index (χ3v) is 1.31. The number of carbonyl (C=O) groups excluding carboxylic acids is 1. The summed E-state index contributed by atoms with van der Waals surface area (Å²) >= 11 is 0. The Morgan fingerprint density at radius 2 is 2.40 bits per heavy atom. The van der Waals surface area contributed by atoms with Crippen molar-refractivity contribution in [3.63, 3.8) is 0 Å². The summed E-state index contributed by atoms with van der Waals surface area (Å²) in [4.78, 5) is 10.7. The van der Waals surface area contributed by atoms with Crippen molar-refractivity contribution in [2.75, 3.05) is 13.7 Å². The molecule has 0 saturated heterocycles. The molecule has 0 aliphatic carbocycles. The Kier molecular flexibility index (Phi) is 1.80. The van der Waals surface area contributed by atoms with E-state index in [9.17, 15) is 4.79 Å². The number of ether oxygens (including phenoxy) is 1. The van der Waals surface area contributed by atoms with E-state index in [0.717, 1.165) is 0 Å². The Morgan fingerprint density at radius 1 is 1.70 bits per heavy atom. The van der Waals surface area contributed by atoms with E-state index in [1.165, 1.54) is 0 Å². The fraction of sp³-hybridized carbons (Fsp3) is 0.500. The lowest BCUT2D eigenvalue weighted by molar-refractivity contribution is -0.141. The van der Waals surface area contributed by atoms with E-state index in [1.807, 2.05) is 0 Å². The molecular formula is C6H9NO3. The molecule has 4 heteroatoms. The van der Waals surface area contributed by atoms with Gasteiger partial charge in [-0.2, -0.15) is 0 Å². The number of aliphatic hydroxyl groups excluding tert-OH is 1. The molecule has 0 amide bonds. The molecule has 0 unspecified atom stereocenters. The Balaban J connectivity index is 2.84. The third-order valence-electron chi connectivity index (χ3n) is 1.31. The Labute approximate surface area is 58.5 Å². The minimum Gasteiger partial charge on any atom is -0.510 e. The van der Waals surface area contributed by atoms with Crippen molar-refractivity contribution in [2.45, 2.75) is 6.42 Å². The second-order valence-corrected chi connectivity index (χ2v) is 1.96. The molecule has 0 spiro atoms. The number of cyclic esters (lactones) is 1. The normalized spacial score (nSPS) is 18.7. The molecule has 56 valence electrons. The Hall–Kier alpha value is -1.19. The van der Waals surface area contributed by atoms with Crippen LogP contribution in [0.15, 0.2) is 11.5 Å². The standard InChI is InChI=1S/C6H9NO3/c1-7-5-4(8)2-3-10-6(5)9/h7-8H,2-3H2,1H3. The van der Waals surface area contributed by atoms with Crippen molar-refractivity contribution in [2.24, 2.45) is 0 Å². The van der Waals surface area contributed by atoms with Crippen LogP contribution < -0.4 is 5.32 Å². The summed E-state index contributed by atoms with van der Waals surface area (Å²) in [5.74, 6) is -0.398. The van der Waals surface area contributed by atoms with Gasteiger partial charge in [-0.1, -0.05) is 0 Å². The number of aliphatic hydroxyl groups is 1. The summed E-state index contributed by atoms with van der Waals surface area (Å²) in [7, 11) is 1.57. The third kappa shape index (κ3) is 1.05. The van der Waals surface area contributed by atoms with Gasteiger partial charge in [-0.25, -0.2) is 4.79 Å². The van der Waals surface area contributed by atoms with Gasteiger partial charge in [-0.3, -0.25) is 0 Å². The summed E-state index contributed by atoms with van der Waals surface area (Å²) in [6.45, 7) is 0.274. The van der Waals surface area contributed by atoms with Gasteiger partial charge in [0.25, 0.3) is 0 Å². The number of esters is 1. The molecule has 1 heterocycles. The first-order valence-corrected chi connectivity index (χ1v) is 3.02. The minimum absolute atomic E-state index is 0.0822.